The van der Waals surface area contributed by atoms with Gasteiger partial charge in [-0.2, -0.15) is 0 Å². The lowest BCUT2D eigenvalue weighted by Gasteiger charge is -2.09. The van der Waals surface area contributed by atoms with E-state index in [1.54, 1.807) is 18.2 Å². The van der Waals surface area contributed by atoms with Gasteiger partial charge in [0.25, 0.3) is 0 Å². The minimum atomic E-state index is -0.457. The molecule has 0 aliphatic carbocycles. The number of carbonyl (C=O) groups excluding carboxylic acids is 1. The molecule has 1 unspecified atom stereocenters. The van der Waals surface area contributed by atoms with Crippen LogP contribution in [0.3, 0.4) is 0 Å². The fourth-order valence-corrected chi connectivity index (χ4v) is 1.28. The second-order valence-electron chi connectivity index (χ2n) is 3.96. The average Bonchev–Trinajstić information content (AvgIpc) is 2.29. The second kappa shape index (κ2) is 6.16. The smallest absolute Gasteiger partial charge is 0.341 e. The van der Waals surface area contributed by atoms with E-state index in [-0.39, 0.29) is 11.3 Å². The van der Waals surface area contributed by atoms with Gasteiger partial charge in [-0.05, 0) is 24.5 Å². The van der Waals surface area contributed by atoms with Crippen LogP contribution in [0, 0.1) is 5.92 Å². The molecule has 0 heterocycles. The Morgan fingerprint density at radius 1 is 1.44 bits per heavy atom. The zero-order valence-electron chi connectivity index (χ0n) is 9.77. The van der Waals surface area contributed by atoms with Gasteiger partial charge in [0.05, 0.1) is 6.61 Å². The number of benzene rings is 1. The third-order valence-electron chi connectivity index (χ3n) is 2.66. The Hall–Kier alpha value is -1.51. The largest absolute Gasteiger partial charge is 0.507 e. The minimum Gasteiger partial charge on any atom is -0.507 e. The lowest BCUT2D eigenvalue weighted by Crippen LogP contribution is -2.08. The third kappa shape index (κ3) is 3.57. The van der Waals surface area contributed by atoms with Crippen molar-refractivity contribution in [1.82, 2.24) is 0 Å². The molecular weight excluding hydrogens is 204 g/mol. The third-order valence-corrected chi connectivity index (χ3v) is 2.66. The Labute approximate surface area is 96.1 Å². The molecule has 1 atom stereocenters. The van der Waals surface area contributed by atoms with Crippen molar-refractivity contribution in [1.29, 1.82) is 0 Å². The van der Waals surface area contributed by atoms with Crippen LogP contribution in [0.25, 0.3) is 0 Å². The number of hydrogen-bond acceptors (Lipinski definition) is 3. The molecule has 0 bridgehead atoms. The zero-order chi connectivity index (χ0) is 12.0. The second-order valence-corrected chi connectivity index (χ2v) is 3.96. The fraction of sp³-hybridized carbons (Fsp3) is 0.462. The van der Waals surface area contributed by atoms with Gasteiger partial charge >= 0.3 is 5.97 Å². The minimum absolute atomic E-state index is 0.0314. The molecule has 1 rings (SSSR count). The maximum Gasteiger partial charge on any atom is 0.341 e. The number of phenolic OH excluding ortho intramolecular Hbond substituents is 1. The lowest BCUT2D eigenvalue weighted by molar-refractivity contribution is 0.0481. The summed E-state index contributed by atoms with van der Waals surface area (Å²) in [5.41, 5.74) is 0.228. The molecule has 1 aromatic carbocycles. The molecule has 0 radical (unpaired) electrons. The van der Waals surface area contributed by atoms with Crippen molar-refractivity contribution < 1.29 is 14.6 Å². The van der Waals surface area contributed by atoms with Crippen molar-refractivity contribution in [2.75, 3.05) is 6.61 Å². The van der Waals surface area contributed by atoms with Gasteiger partial charge in [0.2, 0.25) is 0 Å². The fourth-order valence-electron chi connectivity index (χ4n) is 1.28. The van der Waals surface area contributed by atoms with Crippen LogP contribution in [0.5, 0.6) is 5.75 Å². The van der Waals surface area contributed by atoms with Gasteiger partial charge in [-0.15, -0.1) is 0 Å². The maximum absolute atomic E-state index is 11.6. The highest BCUT2D eigenvalue weighted by Gasteiger charge is 2.11. The Morgan fingerprint density at radius 2 is 2.12 bits per heavy atom. The van der Waals surface area contributed by atoms with Gasteiger partial charge in [0.1, 0.15) is 11.3 Å². The van der Waals surface area contributed by atoms with Crippen molar-refractivity contribution in [3.8, 4) is 5.75 Å². The summed E-state index contributed by atoms with van der Waals surface area (Å²) in [5, 5.41) is 9.43. The molecular formula is C13H18O3. The van der Waals surface area contributed by atoms with Gasteiger partial charge < -0.3 is 9.84 Å². The van der Waals surface area contributed by atoms with E-state index >= 15 is 0 Å². The Kier molecular flexibility index (Phi) is 4.83. The first-order chi connectivity index (χ1) is 7.65. The van der Waals surface area contributed by atoms with Gasteiger partial charge in [0.15, 0.2) is 0 Å². The normalized spacial score (nSPS) is 12.1. The monoisotopic (exact) mass is 222 g/mol. The Balaban J connectivity index is 2.44. The number of ether oxygens (including phenoxy) is 1. The zero-order valence-corrected chi connectivity index (χ0v) is 9.77. The molecule has 0 spiro atoms. The topological polar surface area (TPSA) is 46.5 Å². The molecule has 1 aromatic rings. The Morgan fingerprint density at radius 3 is 2.75 bits per heavy atom. The molecule has 0 fully saturated rings. The van der Waals surface area contributed by atoms with Crippen LogP contribution in [0.15, 0.2) is 24.3 Å². The van der Waals surface area contributed by atoms with E-state index < -0.39 is 5.97 Å². The summed E-state index contributed by atoms with van der Waals surface area (Å²) in [6, 6.07) is 6.41. The van der Waals surface area contributed by atoms with Crippen LogP contribution in [0.4, 0.5) is 0 Å². The van der Waals surface area contributed by atoms with Crippen LogP contribution >= 0.6 is 0 Å². The summed E-state index contributed by atoms with van der Waals surface area (Å²) in [4.78, 5) is 11.6. The molecule has 0 aliphatic heterocycles. The summed E-state index contributed by atoms with van der Waals surface area (Å²) < 4.78 is 5.08. The van der Waals surface area contributed by atoms with Crippen LogP contribution in [0.1, 0.15) is 37.0 Å². The SMILES string of the molecule is CCC(C)CCOC(=O)c1ccccc1O. The van der Waals surface area contributed by atoms with E-state index in [9.17, 15) is 9.90 Å². The van der Waals surface area contributed by atoms with Crippen molar-refractivity contribution >= 4 is 5.97 Å². The molecule has 1 N–H and O–H groups in total. The summed E-state index contributed by atoms with van der Waals surface area (Å²) in [7, 11) is 0. The number of aromatic hydroxyl groups is 1. The molecule has 88 valence electrons. The predicted molar refractivity (Wildman–Crippen MR) is 62.5 cm³/mol. The number of esters is 1. The van der Waals surface area contributed by atoms with E-state index in [2.05, 4.69) is 13.8 Å². The molecule has 16 heavy (non-hydrogen) atoms. The van der Waals surface area contributed by atoms with Crippen molar-refractivity contribution in [3.05, 3.63) is 29.8 Å². The van der Waals surface area contributed by atoms with Gasteiger partial charge in [-0.25, -0.2) is 4.79 Å². The van der Waals surface area contributed by atoms with Crippen molar-refractivity contribution in [3.63, 3.8) is 0 Å². The molecule has 0 aromatic heterocycles. The maximum atomic E-state index is 11.6. The molecule has 0 aliphatic rings. The Bertz CT molecular complexity index is 347. The van der Waals surface area contributed by atoms with Crippen LogP contribution in [-0.2, 0) is 4.74 Å². The highest BCUT2D eigenvalue weighted by Crippen LogP contribution is 2.17. The molecule has 0 saturated carbocycles. The van der Waals surface area contributed by atoms with Crippen molar-refractivity contribution in [2.45, 2.75) is 26.7 Å². The number of carbonyl (C=O) groups is 1. The predicted octanol–water partition coefficient (Wildman–Crippen LogP) is 2.99. The first-order valence-electron chi connectivity index (χ1n) is 5.60. The van der Waals surface area contributed by atoms with E-state index in [4.69, 9.17) is 4.74 Å². The number of phenols is 1. The van der Waals surface area contributed by atoms with Crippen LogP contribution < -0.4 is 0 Å². The summed E-state index contributed by atoms with van der Waals surface area (Å²) >= 11 is 0. The summed E-state index contributed by atoms with van der Waals surface area (Å²) in [6.07, 6.45) is 1.93. The quantitative estimate of drug-likeness (QED) is 0.779. The highest BCUT2D eigenvalue weighted by atomic mass is 16.5. The molecule has 3 heteroatoms. The lowest BCUT2D eigenvalue weighted by atomic mass is 10.1. The van der Waals surface area contributed by atoms with Crippen LogP contribution in [-0.4, -0.2) is 17.7 Å². The molecule has 0 amide bonds. The van der Waals surface area contributed by atoms with E-state index in [1.165, 1.54) is 6.07 Å². The summed E-state index contributed by atoms with van der Waals surface area (Å²) in [5.74, 6) is 0.0645. The first kappa shape index (κ1) is 12.6. The van der Waals surface area contributed by atoms with E-state index in [1.807, 2.05) is 0 Å². The van der Waals surface area contributed by atoms with Gasteiger partial charge in [-0.3, -0.25) is 0 Å². The van der Waals surface area contributed by atoms with Gasteiger partial charge in [0, 0.05) is 0 Å². The average molecular weight is 222 g/mol. The molecule has 3 nitrogen and oxygen atoms in total. The molecule has 0 saturated heterocycles. The number of hydrogen-bond donors (Lipinski definition) is 1. The highest BCUT2D eigenvalue weighted by molar-refractivity contribution is 5.92. The van der Waals surface area contributed by atoms with Crippen LogP contribution in [0.2, 0.25) is 0 Å². The number of para-hydroxylation sites is 1. The van der Waals surface area contributed by atoms with E-state index in [0.717, 1.165) is 12.8 Å². The van der Waals surface area contributed by atoms with E-state index in [0.29, 0.717) is 12.5 Å². The first-order valence-corrected chi connectivity index (χ1v) is 5.60. The standard InChI is InChI=1S/C13H18O3/c1-3-10(2)8-9-16-13(15)11-6-4-5-7-12(11)14/h4-7,10,14H,3,8-9H2,1-2H3. The van der Waals surface area contributed by atoms with Crippen molar-refractivity contribution in [2.24, 2.45) is 5.92 Å². The summed E-state index contributed by atoms with van der Waals surface area (Å²) in [6.45, 7) is 4.63. The van der Waals surface area contributed by atoms with Gasteiger partial charge in [-0.1, -0.05) is 32.4 Å². The number of rotatable bonds is 5.